The summed E-state index contributed by atoms with van der Waals surface area (Å²) in [6.45, 7) is 4.49. The van der Waals surface area contributed by atoms with Gasteiger partial charge in [0.05, 0.1) is 6.04 Å². The van der Waals surface area contributed by atoms with Crippen LogP contribution in [0.4, 0.5) is 8.78 Å². The average molecular weight is 386 g/mol. The summed E-state index contributed by atoms with van der Waals surface area (Å²) in [5, 5.41) is 4.23. The topological polar surface area (TPSA) is 41.4 Å². The molecule has 4 fully saturated rings. The van der Waals surface area contributed by atoms with Crippen LogP contribution < -0.4 is 0 Å². The van der Waals surface area contributed by atoms with Gasteiger partial charge in [-0.25, -0.2) is 8.78 Å². The van der Waals surface area contributed by atoms with Gasteiger partial charge in [0, 0.05) is 30.4 Å². The fraction of sp³-hybridized carbons (Fsp3) is 0.524. The molecule has 3 atom stereocenters. The van der Waals surface area contributed by atoms with E-state index in [2.05, 4.69) is 10.00 Å². The smallest absolute Gasteiger partial charge is 0.244 e. The van der Waals surface area contributed by atoms with E-state index < -0.39 is 11.6 Å². The average Bonchev–Trinajstić information content (AvgIpc) is 3.30. The predicted molar refractivity (Wildman–Crippen MR) is 99.6 cm³/mol. The Bertz CT molecular complexity index is 906. The molecule has 148 valence electrons. The maximum atomic E-state index is 14.6. The van der Waals surface area contributed by atoms with Crippen molar-refractivity contribution in [3.05, 3.63) is 53.4 Å². The molecule has 1 aromatic heterocycles. The second kappa shape index (κ2) is 6.65. The zero-order valence-electron chi connectivity index (χ0n) is 15.9. The van der Waals surface area contributed by atoms with E-state index >= 15 is 0 Å². The number of hydrogen-bond acceptors (Lipinski definition) is 3. The third kappa shape index (κ3) is 2.67. The summed E-state index contributed by atoms with van der Waals surface area (Å²) in [7, 11) is 0. The van der Waals surface area contributed by atoms with Gasteiger partial charge in [-0.05, 0) is 56.5 Å². The first kappa shape index (κ1) is 17.8. The number of amides is 1. The highest BCUT2D eigenvalue weighted by Crippen LogP contribution is 2.47. The molecule has 1 amide bonds. The zero-order valence-corrected chi connectivity index (χ0v) is 15.9. The maximum Gasteiger partial charge on any atom is 0.244 e. The highest BCUT2D eigenvalue weighted by Gasteiger charge is 2.55. The van der Waals surface area contributed by atoms with E-state index in [1.54, 1.807) is 23.0 Å². The lowest BCUT2D eigenvalue weighted by Crippen LogP contribution is -2.61. The minimum absolute atomic E-state index is 0.00913. The second-order valence-corrected chi connectivity index (χ2v) is 8.28. The van der Waals surface area contributed by atoms with Crippen LogP contribution in [0.3, 0.4) is 0 Å². The molecule has 5 heterocycles. The Morgan fingerprint density at radius 3 is 2.68 bits per heavy atom. The fourth-order valence-corrected chi connectivity index (χ4v) is 5.57. The van der Waals surface area contributed by atoms with Crippen LogP contribution in [0, 0.1) is 24.5 Å². The molecule has 6 rings (SSSR count). The highest BCUT2D eigenvalue weighted by atomic mass is 19.2. The normalized spacial score (nSPS) is 31.2. The van der Waals surface area contributed by atoms with Crippen LogP contribution in [0.15, 0.2) is 30.5 Å². The number of rotatable bonds is 3. The van der Waals surface area contributed by atoms with Crippen molar-refractivity contribution < 1.29 is 13.6 Å². The van der Waals surface area contributed by atoms with E-state index in [1.165, 1.54) is 0 Å². The van der Waals surface area contributed by atoms with Crippen LogP contribution in [0.25, 0.3) is 0 Å². The Kier molecular flexibility index (Phi) is 4.23. The van der Waals surface area contributed by atoms with Crippen molar-refractivity contribution in [1.82, 2.24) is 19.6 Å². The van der Waals surface area contributed by atoms with Gasteiger partial charge in [-0.15, -0.1) is 0 Å². The summed E-state index contributed by atoms with van der Waals surface area (Å²) < 4.78 is 30.2. The molecule has 5 nitrogen and oxygen atoms in total. The Hall–Kier alpha value is -2.28. The van der Waals surface area contributed by atoms with Gasteiger partial charge in [-0.1, -0.05) is 12.1 Å². The maximum absolute atomic E-state index is 14.6. The number of nitrogens with zero attached hydrogens (tertiary/aromatic N) is 4. The third-order valence-electron chi connectivity index (χ3n) is 6.91. The second-order valence-electron chi connectivity index (χ2n) is 8.28. The number of carbonyl (C=O) groups excluding carboxylic acids is 1. The van der Waals surface area contributed by atoms with Crippen molar-refractivity contribution in [2.75, 3.05) is 19.6 Å². The van der Waals surface area contributed by atoms with Crippen molar-refractivity contribution in [1.29, 1.82) is 0 Å². The summed E-state index contributed by atoms with van der Waals surface area (Å²) >= 11 is 0. The molecule has 28 heavy (non-hydrogen) atoms. The number of aryl methyl sites for hydroxylation is 1. The zero-order chi connectivity index (χ0) is 19.4. The van der Waals surface area contributed by atoms with Gasteiger partial charge in [0.25, 0.3) is 0 Å². The van der Waals surface area contributed by atoms with Crippen molar-refractivity contribution in [3.8, 4) is 0 Å². The van der Waals surface area contributed by atoms with Crippen LogP contribution in [0.2, 0.25) is 0 Å². The SMILES string of the molecule is Cc1ccnn1CC(=O)N1C[C@@H](c2cccc(F)c2F)[C@@H]2[C@H]1C1CCN2CC1. The van der Waals surface area contributed by atoms with E-state index in [4.69, 9.17) is 0 Å². The van der Waals surface area contributed by atoms with E-state index in [9.17, 15) is 13.6 Å². The van der Waals surface area contributed by atoms with Gasteiger partial charge in [0.2, 0.25) is 5.91 Å². The number of piperidine rings is 3. The molecule has 2 bridgehead atoms. The molecule has 0 aliphatic carbocycles. The lowest BCUT2D eigenvalue weighted by molar-refractivity contribution is -0.136. The molecule has 4 aliphatic rings. The predicted octanol–water partition coefficient (Wildman–Crippen LogP) is 2.56. The molecule has 2 aromatic rings. The van der Waals surface area contributed by atoms with Crippen LogP contribution in [0.5, 0.6) is 0 Å². The van der Waals surface area contributed by atoms with E-state index in [-0.39, 0.29) is 30.5 Å². The third-order valence-corrected chi connectivity index (χ3v) is 6.91. The summed E-state index contributed by atoms with van der Waals surface area (Å²) in [5.41, 5.74) is 1.33. The summed E-state index contributed by atoms with van der Waals surface area (Å²) in [6, 6.07) is 6.40. The van der Waals surface area contributed by atoms with Crippen molar-refractivity contribution in [2.24, 2.45) is 5.92 Å². The number of fused-ring (bicyclic) bond motifs is 2. The summed E-state index contributed by atoms with van der Waals surface area (Å²) in [5.74, 6) is -1.35. The molecular formula is C21H24F2N4O. The number of halogens is 2. The monoisotopic (exact) mass is 386 g/mol. The van der Waals surface area contributed by atoms with Gasteiger partial charge in [-0.2, -0.15) is 5.10 Å². The number of carbonyl (C=O) groups is 1. The van der Waals surface area contributed by atoms with Gasteiger partial charge in [0.1, 0.15) is 6.54 Å². The Balaban J connectivity index is 1.49. The van der Waals surface area contributed by atoms with Crippen LogP contribution in [-0.4, -0.2) is 57.2 Å². The first-order chi connectivity index (χ1) is 13.5. The van der Waals surface area contributed by atoms with Gasteiger partial charge >= 0.3 is 0 Å². The summed E-state index contributed by atoms with van der Waals surface area (Å²) in [6.07, 6.45) is 3.81. The first-order valence-corrected chi connectivity index (χ1v) is 10.0. The largest absolute Gasteiger partial charge is 0.336 e. The minimum Gasteiger partial charge on any atom is -0.336 e. The molecule has 0 saturated carbocycles. The van der Waals surface area contributed by atoms with Crippen molar-refractivity contribution in [2.45, 2.75) is 44.3 Å². The lowest BCUT2D eigenvalue weighted by atomic mass is 9.75. The van der Waals surface area contributed by atoms with Crippen molar-refractivity contribution in [3.63, 3.8) is 0 Å². The fourth-order valence-electron chi connectivity index (χ4n) is 5.57. The number of likely N-dealkylation sites (tertiary alicyclic amines) is 1. The van der Waals surface area contributed by atoms with Crippen molar-refractivity contribution >= 4 is 5.91 Å². The molecule has 7 heteroatoms. The van der Waals surface area contributed by atoms with Crippen LogP contribution >= 0.6 is 0 Å². The Morgan fingerprint density at radius 1 is 1.18 bits per heavy atom. The van der Waals surface area contributed by atoms with E-state index in [1.807, 2.05) is 17.9 Å². The van der Waals surface area contributed by atoms with Gasteiger partial charge in [0.15, 0.2) is 11.6 Å². The number of hydrogen-bond donors (Lipinski definition) is 0. The number of benzene rings is 1. The molecule has 4 aliphatic heterocycles. The standard InChI is InChI=1S/C21H24F2N4O/c1-13-5-8-24-27(13)12-18(28)26-11-16(15-3-2-4-17(22)19(15)23)21-20(26)14-6-9-25(21)10-7-14/h2-5,8,14,16,20-21H,6-7,9-12H2,1H3/t16-,20+,21+/m0/s1. The highest BCUT2D eigenvalue weighted by molar-refractivity contribution is 5.77. The van der Waals surface area contributed by atoms with E-state index in [0.29, 0.717) is 18.0 Å². The van der Waals surface area contributed by atoms with Gasteiger partial charge < -0.3 is 4.90 Å². The van der Waals surface area contributed by atoms with Crippen LogP contribution in [-0.2, 0) is 11.3 Å². The molecular weight excluding hydrogens is 362 g/mol. The Labute approximate surface area is 162 Å². The summed E-state index contributed by atoms with van der Waals surface area (Å²) in [4.78, 5) is 17.5. The molecule has 1 aromatic carbocycles. The lowest BCUT2D eigenvalue weighted by Gasteiger charge is -2.51. The van der Waals surface area contributed by atoms with E-state index in [0.717, 1.165) is 37.7 Å². The Morgan fingerprint density at radius 2 is 1.96 bits per heavy atom. The molecule has 0 N–H and O–H groups in total. The molecule has 0 radical (unpaired) electrons. The molecule has 4 saturated heterocycles. The first-order valence-electron chi connectivity index (χ1n) is 10.0. The van der Waals surface area contributed by atoms with Gasteiger partial charge in [-0.3, -0.25) is 14.4 Å². The minimum atomic E-state index is -0.818. The molecule has 0 spiro atoms. The molecule has 0 unspecified atom stereocenters. The number of aromatic nitrogens is 2. The quantitative estimate of drug-likeness (QED) is 0.814. The van der Waals surface area contributed by atoms with Crippen LogP contribution in [0.1, 0.15) is 30.0 Å².